The van der Waals surface area contributed by atoms with E-state index in [1.54, 1.807) is 11.3 Å². The molecule has 0 aliphatic carbocycles. The lowest BCUT2D eigenvalue weighted by molar-refractivity contribution is -0.139. The predicted molar refractivity (Wildman–Crippen MR) is 67.0 cm³/mol. The molecule has 0 unspecified atom stereocenters. The third kappa shape index (κ3) is 3.94. The molecule has 0 amide bonds. The molecule has 0 bridgehead atoms. The Bertz CT molecular complexity index is 333. The Balaban J connectivity index is 2.44. The maximum absolute atomic E-state index is 10.7. The van der Waals surface area contributed by atoms with Crippen molar-refractivity contribution < 1.29 is 9.90 Å². The summed E-state index contributed by atoms with van der Waals surface area (Å²) < 4.78 is 0. The van der Waals surface area contributed by atoms with Crippen molar-refractivity contribution in [1.29, 1.82) is 0 Å². The summed E-state index contributed by atoms with van der Waals surface area (Å²) in [5.41, 5.74) is -0.289. The lowest BCUT2D eigenvalue weighted by Crippen LogP contribution is -2.43. The van der Waals surface area contributed by atoms with E-state index in [-0.39, 0.29) is 12.0 Å². The minimum Gasteiger partial charge on any atom is -0.481 e. The molecule has 1 heterocycles. The zero-order valence-corrected chi connectivity index (χ0v) is 10.9. The van der Waals surface area contributed by atoms with Crippen molar-refractivity contribution in [2.24, 2.45) is 0 Å². The largest absolute Gasteiger partial charge is 0.481 e. The van der Waals surface area contributed by atoms with Crippen LogP contribution in [-0.2, 0) is 11.2 Å². The molecule has 0 saturated heterocycles. The molecule has 0 atom stereocenters. The molecule has 1 aromatic heterocycles. The van der Waals surface area contributed by atoms with Gasteiger partial charge in [0, 0.05) is 17.0 Å². The number of hydrogen-bond acceptors (Lipinski definition) is 3. The Morgan fingerprint density at radius 2 is 2.25 bits per heavy atom. The Morgan fingerprint density at radius 3 is 2.75 bits per heavy atom. The van der Waals surface area contributed by atoms with Crippen molar-refractivity contribution >= 4 is 17.3 Å². The average molecular weight is 241 g/mol. The molecule has 16 heavy (non-hydrogen) atoms. The first-order valence-corrected chi connectivity index (χ1v) is 6.25. The Hall–Kier alpha value is -0.870. The van der Waals surface area contributed by atoms with Gasteiger partial charge < -0.3 is 10.0 Å². The molecule has 90 valence electrons. The lowest BCUT2D eigenvalue weighted by Gasteiger charge is -2.34. The molecule has 1 rings (SSSR count). The fraction of sp³-hybridized carbons (Fsp3) is 0.583. The predicted octanol–water partition coefficient (Wildman–Crippen LogP) is 2.48. The van der Waals surface area contributed by atoms with E-state index >= 15 is 0 Å². The maximum atomic E-state index is 10.7. The van der Waals surface area contributed by atoms with Crippen LogP contribution in [0.1, 0.15) is 25.1 Å². The van der Waals surface area contributed by atoms with Crippen LogP contribution in [0, 0.1) is 0 Å². The van der Waals surface area contributed by atoms with Gasteiger partial charge in [-0.3, -0.25) is 4.79 Å². The molecule has 1 N–H and O–H groups in total. The number of carbonyl (C=O) groups is 1. The summed E-state index contributed by atoms with van der Waals surface area (Å²) in [6, 6.07) is 4.16. The molecule has 0 aliphatic rings. The van der Waals surface area contributed by atoms with Crippen molar-refractivity contribution in [1.82, 2.24) is 4.90 Å². The standard InChI is InChI=1S/C12H19NO2S/c1-12(2,9-11(14)15)13(3)7-6-10-5-4-8-16-10/h4-5,8H,6-7,9H2,1-3H3,(H,14,15). The van der Waals surface area contributed by atoms with Gasteiger partial charge in [0.15, 0.2) is 0 Å². The zero-order chi connectivity index (χ0) is 12.2. The van der Waals surface area contributed by atoms with Gasteiger partial charge in [-0.1, -0.05) is 6.07 Å². The van der Waals surface area contributed by atoms with E-state index in [0.29, 0.717) is 0 Å². The first-order valence-electron chi connectivity index (χ1n) is 5.37. The minimum atomic E-state index is -0.743. The quantitative estimate of drug-likeness (QED) is 0.831. The van der Waals surface area contributed by atoms with Gasteiger partial charge in [-0.2, -0.15) is 0 Å². The van der Waals surface area contributed by atoms with E-state index in [4.69, 9.17) is 5.11 Å². The highest BCUT2D eigenvalue weighted by atomic mass is 32.1. The summed E-state index contributed by atoms with van der Waals surface area (Å²) in [4.78, 5) is 14.2. The van der Waals surface area contributed by atoms with E-state index in [2.05, 4.69) is 16.3 Å². The molecule has 0 saturated carbocycles. The van der Waals surface area contributed by atoms with Gasteiger partial charge in [0.2, 0.25) is 0 Å². The molecule has 0 fully saturated rings. The van der Waals surface area contributed by atoms with Gasteiger partial charge in [0.25, 0.3) is 0 Å². The van der Waals surface area contributed by atoms with E-state index in [0.717, 1.165) is 13.0 Å². The molecule has 4 heteroatoms. The highest BCUT2D eigenvalue weighted by Crippen LogP contribution is 2.18. The van der Waals surface area contributed by atoms with Gasteiger partial charge in [-0.15, -0.1) is 11.3 Å². The average Bonchev–Trinajstić information content (AvgIpc) is 2.64. The third-order valence-corrected chi connectivity index (χ3v) is 3.83. The Kier molecular flexibility index (Phi) is 4.50. The number of carboxylic acids is 1. The number of nitrogens with zero attached hydrogens (tertiary/aromatic N) is 1. The van der Waals surface area contributed by atoms with Crippen molar-refractivity contribution in [3.8, 4) is 0 Å². The normalized spacial score (nSPS) is 12.0. The number of carboxylic acid groups (broad SMARTS) is 1. The highest BCUT2D eigenvalue weighted by Gasteiger charge is 2.26. The van der Waals surface area contributed by atoms with Crippen LogP contribution < -0.4 is 0 Å². The van der Waals surface area contributed by atoms with Gasteiger partial charge in [0.1, 0.15) is 0 Å². The van der Waals surface area contributed by atoms with Crippen molar-refractivity contribution in [3.05, 3.63) is 22.4 Å². The SMILES string of the molecule is CN(CCc1cccs1)C(C)(C)CC(=O)O. The van der Waals surface area contributed by atoms with E-state index in [1.807, 2.05) is 27.0 Å². The van der Waals surface area contributed by atoms with Crippen molar-refractivity contribution in [3.63, 3.8) is 0 Å². The van der Waals surface area contributed by atoms with Gasteiger partial charge in [0.05, 0.1) is 6.42 Å². The third-order valence-electron chi connectivity index (χ3n) is 2.89. The van der Waals surface area contributed by atoms with Crippen LogP contribution in [-0.4, -0.2) is 35.1 Å². The molecule has 3 nitrogen and oxygen atoms in total. The molecular weight excluding hydrogens is 222 g/mol. The van der Waals surface area contributed by atoms with E-state index in [9.17, 15) is 4.79 Å². The lowest BCUT2D eigenvalue weighted by atomic mass is 9.98. The van der Waals surface area contributed by atoms with Crippen LogP contribution in [0.3, 0.4) is 0 Å². The summed E-state index contributed by atoms with van der Waals surface area (Å²) in [5, 5.41) is 10.9. The number of likely N-dealkylation sites (N-methyl/N-ethyl adjacent to an activating group) is 1. The number of aliphatic carboxylic acids is 1. The summed E-state index contributed by atoms with van der Waals surface area (Å²) in [6.45, 7) is 4.83. The maximum Gasteiger partial charge on any atom is 0.305 e. The number of thiophene rings is 1. The van der Waals surface area contributed by atoms with Crippen LogP contribution in [0.25, 0.3) is 0 Å². The first-order chi connectivity index (χ1) is 7.42. The summed E-state index contributed by atoms with van der Waals surface area (Å²) >= 11 is 1.75. The summed E-state index contributed by atoms with van der Waals surface area (Å²) in [6.07, 6.45) is 1.16. The molecule has 0 aromatic carbocycles. The second-order valence-corrected chi connectivity index (χ2v) is 5.67. The molecule has 0 spiro atoms. The van der Waals surface area contributed by atoms with E-state index in [1.165, 1.54) is 4.88 Å². The second-order valence-electron chi connectivity index (χ2n) is 4.63. The molecule has 0 aliphatic heterocycles. The smallest absolute Gasteiger partial charge is 0.305 e. The fourth-order valence-electron chi connectivity index (χ4n) is 1.54. The molecule has 0 radical (unpaired) electrons. The molecule has 1 aromatic rings. The van der Waals surface area contributed by atoms with Crippen molar-refractivity contribution in [2.75, 3.05) is 13.6 Å². The fourth-order valence-corrected chi connectivity index (χ4v) is 2.24. The van der Waals surface area contributed by atoms with E-state index < -0.39 is 5.97 Å². The van der Waals surface area contributed by atoms with Crippen LogP contribution in [0.4, 0.5) is 0 Å². The molecular formula is C12H19NO2S. The topological polar surface area (TPSA) is 40.5 Å². The van der Waals surface area contributed by atoms with Crippen LogP contribution in [0.2, 0.25) is 0 Å². The minimum absolute atomic E-state index is 0.175. The second kappa shape index (κ2) is 5.46. The van der Waals surface area contributed by atoms with Crippen molar-refractivity contribution in [2.45, 2.75) is 32.2 Å². The van der Waals surface area contributed by atoms with Gasteiger partial charge in [-0.05, 0) is 38.8 Å². The Labute approximate surface area is 101 Å². The Morgan fingerprint density at radius 1 is 1.56 bits per heavy atom. The van der Waals surface area contributed by atoms with Crippen LogP contribution in [0.5, 0.6) is 0 Å². The van der Waals surface area contributed by atoms with Crippen LogP contribution in [0.15, 0.2) is 17.5 Å². The summed E-state index contributed by atoms with van der Waals surface area (Å²) in [7, 11) is 1.98. The highest BCUT2D eigenvalue weighted by molar-refractivity contribution is 7.09. The monoisotopic (exact) mass is 241 g/mol. The number of rotatable bonds is 6. The van der Waals surface area contributed by atoms with Gasteiger partial charge >= 0.3 is 5.97 Å². The van der Waals surface area contributed by atoms with Crippen LogP contribution >= 0.6 is 11.3 Å². The zero-order valence-electron chi connectivity index (χ0n) is 10.1. The summed E-state index contributed by atoms with van der Waals surface area (Å²) in [5.74, 6) is -0.743. The van der Waals surface area contributed by atoms with Gasteiger partial charge in [-0.25, -0.2) is 0 Å². The first kappa shape index (κ1) is 13.2. The number of hydrogen-bond donors (Lipinski definition) is 1.